The highest BCUT2D eigenvalue weighted by Crippen LogP contribution is 2.14. The van der Waals surface area contributed by atoms with E-state index in [1.54, 1.807) is 0 Å². The fraction of sp³-hybridized carbons (Fsp3) is 0.500. The quantitative estimate of drug-likeness (QED) is 0.740. The molecule has 1 heterocycles. The van der Waals surface area contributed by atoms with Crippen molar-refractivity contribution >= 4 is 5.91 Å². The van der Waals surface area contributed by atoms with Crippen molar-refractivity contribution in [2.45, 2.75) is 25.9 Å². The topological polar surface area (TPSA) is 61.4 Å². The van der Waals surface area contributed by atoms with E-state index in [9.17, 15) is 9.90 Å². The van der Waals surface area contributed by atoms with Crippen LogP contribution in [0.5, 0.6) is 0 Å². The molecule has 98 valence electrons. The second kappa shape index (κ2) is 5.08. The van der Waals surface area contributed by atoms with Crippen molar-refractivity contribution in [2.75, 3.05) is 19.6 Å². The summed E-state index contributed by atoms with van der Waals surface area (Å²) >= 11 is 0. The number of aryl methyl sites for hydroxylation is 2. The minimum atomic E-state index is -0.797. The van der Waals surface area contributed by atoms with Crippen molar-refractivity contribution < 1.29 is 9.90 Å². The fourth-order valence-corrected chi connectivity index (χ4v) is 2.29. The molecule has 4 heteroatoms. The summed E-state index contributed by atoms with van der Waals surface area (Å²) < 4.78 is 0. The van der Waals surface area contributed by atoms with E-state index in [0.717, 1.165) is 17.7 Å². The number of β-amino-alcohol motifs (C(OH)–C–C–N with tert-alkyl or cyclic N) is 1. The van der Waals surface area contributed by atoms with E-state index in [1.165, 1.54) is 0 Å². The molecule has 18 heavy (non-hydrogen) atoms. The Kier molecular flexibility index (Phi) is 3.68. The maximum Gasteiger partial charge on any atom is 0.251 e. The molecule has 1 aromatic carbocycles. The maximum absolute atomic E-state index is 12.0. The molecule has 1 amide bonds. The molecule has 1 saturated heterocycles. The van der Waals surface area contributed by atoms with E-state index in [-0.39, 0.29) is 5.91 Å². The van der Waals surface area contributed by atoms with Crippen LogP contribution in [-0.4, -0.2) is 36.2 Å². The highest BCUT2D eigenvalue weighted by Gasteiger charge is 2.31. The molecule has 1 fully saturated rings. The fourth-order valence-electron chi connectivity index (χ4n) is 2.29. The lowest BCUT2D eigenvalue weighted by molar-refractivity contribution is 0.0561. The van der Waals surface area contributed by atoms with Gasteiger partial charge in [-0.2, -0.15) is 0 Å². The van der Waals surface area contributed by atoms with Crippen molar-refractivity contribution in [1.29, 1.82) is 0 Å². The summed E-state index contributed by atoms with van der Waals surface area (Å²) in [6.45, 7) is 5.57. The lowest BCUT2D eigenvalue weighted by atomic mass is 10.0. The van der Waals surface area contributed by atoms with E-state index in [0.29, 0.717) is 25.1 Å². The lowest BCUT2D eigenvalue weighted by Gasteiger charge is -2.21. The van der Waals surface area contributed by atoms with Gasteiger partial charge in [0.1, 0.15) is 0 Å². The van der Waals surface area contributed by atoms with Crippen molar-refractivity contribution in [2.24, 2.45) is 0 Å². The zero-order chi connectivity index (χ0) is 13.2. The Labute approximate surface area is 107 Å². The molecule has 0 bridgehead atoms. The van der Waals surface area contributed by atoms with Crippen LogP contribution < -0.4 is 10.6 Å². The van der Waals surface area contributed by atoms with Crippen LogP contribution >= 0.6 is 0 Å². The van der Waals surface area contributed by atoms with Crippen LogP contribution in [0, 0.1) is 13.8 Å². The van der Waals surface area contributed by atoms with E-state index < -0.39 is 5.60 Å². The number of amides is 1. The van der Waals surface area contributed by atoms with Crippen molar-refractivity contribution in [1.82, 2.24) is 10.6 Å². The van der Waals surface area contributed by atoms with Crippen molar-refractivity contribution in [3.8, 4) is 0 Å². The first-order valence-corrected chi connectivity index (χ1v) is 6.29. The highest BCUT2D eigenvalue weighted by atomic mass is 16.3. The van der Waals surface area contributed by atoms with Crippen LogP contribution in [0.4, 0.5) is 0 Å². The third-order valence-corrected chi connectivity index (χ3v) is 3.43. The molecular weight excluding hydrogens is 228 g/mol. The standard InChI is InChI=1S/C14H20N2O2/c1-10-3-4-12(11(2)7-10)13(17)16-9-14(18)5-6-15-8-14/h3-4,7,15,18H,5-6,8-9H2,1-2H3,(H,16,17). The first-order chi connectivity index (χ1) is 8.50. The Hall–Kier alpha value is -1.39. The minimum absolute atomic E-state index is 0.118. The van der Waals surface area contributed by atoms with Crippen LogP contribution in [-0.2, 0) is 0 Å². The second-order valence-electron chi connectivity index (χ2n) is 5.15. The SMILES string of the molecule is Cc1ccc(C(=O)NCC2(O)CCNC2)c(C)c1. The summed E-state index contributed by atoms with van der Waals surface area (Å²) in [5, 5.41) is 16.0. The summed E-state index contributed by atoms with van der Waals surface area (Å²) in [6, 6.07) is 5.74. The van der Waals surface area contributed by atoms with Crippen LogP contribution in [0.2, 0.25) is 0 Å². The van der Waals surface area contributed by atoms with Gasteiger partial charge in [-0.15, -0.1) is 0 Å². The first-order valence-electron chi connectivity index (χ1n) is 6.29. The smallest absolute Gasteiger partial charge is 0.251 e. The summed E-state index contributed by atoms with van der Waals surface area (Å²) in [7, 11) is 0. The summed E-state index contributed by atoms with van der Waals surface area (Å²) in [5.74, 6) is -0.118. The minimum Gasteiger partial charge on any atom is -0.387 e. The molecule has 0 saturated carbocycles. The van der Waals surface area contributed by atoms with Gasteiger partial charge in [0.15, 0.2) is 0 Å². The Bertz CT molecular complexity index is 451. The largest absolute Gasteiger partial charge is 0.387 e. The van der Waals surface area contributed by atoms with Crippen LogP contribution in [0.15, 0.2) is 18.2 Å². The zero-order valence-corrected chi connectivity index (χ0v) is 10.9. The number of carbonyl (C=O) groups is 1. The monoisotopic (exact) mass is 248 g/mol. The van der Waals surface area contributed by atoms with Crippen molar-refractivity contribution in [3.05, 3.63) is 34.9 Å². The van der Waals surface area contributed by atoms with E-state index in [1.807, 2.05) is 32.0 Å². The Morgan fingerprint density at radius 2 is 2.28 bits per heavy atom. The summed E-state index contributed by atoms with van der Waals surface area (Å²) in [4.78, 5) is 12.0. The number of hydrogen-bond donors (Lipinski definition) is 3. The molecule has 1 aliphatic heterocycles. The third-order valence-electron chi connectivity index (χ3n) is 3.43. The van der Waals surface area contributed by atoms with E-state index >= 15 is 0 Å². The normalized spacial score (nSPS) is 23.1. The van der Waals surface area contributed by atoms with Gasteiger partial charge in [0.2, 0.25) is 0 Å². The second-order valence-corrected chi connectivity index (χ2v) is 5.15. The van der Waals surface area contributed by atoms with Gasteiger partial charge in [-0.3, -0.25) is 4.79 Å². The molecular formula is C14H20N2O2. The maximum atomic E-state index is 12.0. The number of nitrogens with one attached hydrogen (secondary N) is 2. The molecule has 2 rings (SSSR count). The molecule has 0 aliphatic carbocycles. The number of rotatable bonds is 3. The third kappa shape index (κ3) is 2.89. The van der Waals surface area contributed by atoms with Gasteiger partial charge in [-0.1, -0.05) is 17.7 Å². The summed E-state index contributed by atoms with van der Waals surface area (Å²) in [6.07, 6.45) is 0.681. The Morgan fingerprint density at radius 3 is 2.89 bits per heavy atom. The van der Waals surface area contributed by atoms with Gasteiger partial charge in [-0.05, 0) is 38.4 Å². The van der Waals surface area contributed by atoms with Gasteiger partial charge < -0.3 is 15.7 Å². The Balaban J connectivity index is 1.99. The average Bonchev–Trinajstić information content (AvgIpc) is 2.74. The van der Waals surface area contributed by atoms with Crippen LogP contribution in [0.25, 0.3) is 0 Å². The molecule has 1 unspecified atom stereocenters. The van der Waals surface area contributed by atoms with Gasteiger partial charge >= 0.3 is 0 Å². The zero-order valence-electron chi connectivity index (χ0n) is 10.9. The highest BCUT2D eigenvalue weighted by molar-refractivity contribution is 5.95. The summed E-state index contributed by atoms with van der Waals surface area (Å²) in [5.41, 5.74) is 1.98. The number of benzene rings is 1. The van der Waals surface area contributed by atoms with Crippen LogP contribution in [0.3, 0.4) is 0 Å². The van der Waals surface area contributed by atoms with Gasteiger partial charge in [-0.25, -0.2) is 0 Å². The molecule has 1 atom stereocenters. The molecule has 0 radical (unpaired) electrons. The number of hydrogen-bond acceptors (Lipinski definition) is 3. The van der Waals surface area contributed by atoms with Crippen molar-refractivity contribution in [3.63, 3.8) is 0 Å². The molecule has 0 spiro atoms. The molecule has 0 aromatic heterocycles. The lowest BCUT2D eigenvalue weighted by Crippen LogP contribution is -2.44. The Morgan fingerprint density at radius 1 is 1.50 bits per heavy atom. The van der Waals surface area contributed by atoms with Gasteiger partial charge in [0.05, 0.1) is 5.60 Å². The first kappa shape index (κ1) is 13.1. The number of carbonyl (C=O) groups excluding carboxylic acids is 1. The predicted molar refractivity (Wildman–Crippen MR) is 70.7 cm³/mol. The van der Waals surface area contributed by atoms with E-state index in [4.69, 9.17) is 0 Å². The van der Waals surface area contributed by atoms with E-state index in [2.05, 4.69) is 10.6 Å². The van der Waals surface area contributed by atoms with Crippen LogP contribution in [0.1, 0.15) is 27.9 Å². The predicted octanol–water partition coefficient (Wildman–Crippen LogP) is 0.758. The van der Waals surface area contributed by atoms with Gasteiger partial charge in [0.25, 0.3) is 5.91 Å². The molecule has 4 nitrogen and oxygen atoms in total. The average molecular weight is 248 g/mol. The molecule has 1 aromatic rings. The number of aliphatic hydroxyl groups is 1. The van der Waals surface area contributed by atoms with Gasteiger partial charge in [0, 0.05) is 18.7 Å². The molecule has 1 aliphatic rings. The molecule has 3 N–H and O–H groups in total.